The molecule has 1 heterocycles. The minimum Gasteiger partial charge on any atom is -0.481 e. The van der Waals surface area contributed by atoms with Gasteiger partial charge in [-0.15, -0.1) is 0 Å². The number of carboxylic acid groups (broad SMARTS) is 2. The van der Waals surface area contributed by atoms with Crippen molar-refractivity contribution < 1.29 is 29.3 Å². The van der Waals surface area contributed by atoms with Gasteiger partial charge in [0.15, 0.2) is 6.61 Å². The van der Waals surface area contributed by atoms with Crippen molar-refractivity contribution in [2.75, 3.05) is 13.2 Å². The van der Waals surface area contributed by atoms with Crippen LogP contribution >= 0.6 is 24.0 Å². The van der Waals surface area contributed by atoms with Gasteiger partial charge in [0, 0.05) is 12.1 Å². The van der Waals surface area contributed by atoms with Crippen molar-refractivity contribution in [3.05, 3.63) is 34.7 Å². The van der Waals surface area contributed by atoms with Crippen LogP contribution in [0.25, 0.3) is 6.08 Å². The number of para-hydroxylation sites is 1. The van der Waals surface area contributed by atoms with Crippen LogP contribution < -0.4 is 4.74 Å². The molecule has 24 heavy (non-hydrogen) atoms. The molecule has 7 nitrogen and oxygen atoms in total. The third-order valence-corrected chi connectivity index (χ3v) is 4.36. The highest BCUT2D eigenvalue weighted by Gasteiger charge is 2.32. The molecule has 0 atom stereocenters. The van der Waals surface area contributed by atoms with Gasteiger partial charge in [-0.3, -0.25) is 14.5 Å². The van der Waals surface area contributed by atoms with Crippen LogP contribution in [0.2, 0.25) is 0 Å². The maximum absolute atomic E-state index is 12.3. The Morgan fingerprint density at radius 2 is 1.96 bits per heavy atom. The van der Waals surface area contributed by atoms with Gasteiger partial charge in [0.2, 0.25) is 0 Å². The quantitative estimate of drug-likeness (QED) is 0.556. The van der Waals surface area contributed by atoms with E-state index in [1.807, 2.05) is 0 Å². The van der Waals surface area contributed by atoms with Crippen molar-refractivity contribution in [1.29, 1.82) is 0 Å². The van der Waals surface area contributed by atoms with E-state index in [0.29, 0.717) is 16.2 Å². The van der Waals surface area contributed by atoms with Crippen LogP contribution in [0.4, 0.5) is 0 Å². The Labute approximate surface area is 146 Å². The summed E-state index contributed by atoms with van der Waals surface area (Å²) in [4.78, 5) is 35.2. The third kappa shape index (κ3) is 4.56. The molecule has 1 aliphatic heterocycles. The van der Waals surface area contributed by atoms with E-state index in [4.69, 9.17) is 27.2 Å². The molecule has 1 aromatic rings. The minimum absolute atomic E-state index is 0.00843. The molecule has 1 saturated heterocycles. The summed E-state index contributed by atoms with van der Waals surface area (Å²) < 4.78 is 5.48. The Morgan fingerprint density at radius 3 is 2.62 bits per heavy atom. The molecule has 0 aliphatic carbocycles. The van der Waals surface area contributed by atoms with Crippen molar-refractivity contribution in [2.24, 2.45) is 0 Å². The van der Waals surface area contributed by atoms with Gasteiger partial charge in [0.1, 0.15) is 10.1 Å². The van der Waals surface area contributed by atoms with E-state index in [2.05, 4.69) is 0 Å². The van der Waals surface area contributed by atoms with Crippen molar-refractivity contribution >= 4 is 52.2 Å². The van der Waals surface area contributed by atoms with Crippen molar-refractivity contribution in [3.63, 3.8) is 0 Å². The molecule has 126 valence electrons. The number of carboxylic acids is 2. The number of amides is 1. The maximum Gasteiger partial charge on any atom is 0.341 e. The first-order valence-corrected chi connectivity index (χ1v) is 8.01. The fraction of sp³-hybridized carbons (Fsp3) is 0.200. The molecule has 2 rings (SSSR count). The fourth-order valence-corrected chi connectivity index (χ4v) is 3.21. The summed E-state index contributed by atoms with van der Waals surface area (Å²) in [6.07, 6.45) is 1.36. The highest BCUT2D eigenvalue weighted by atomic mass is 32.2. The first-order chi connectivity index (χ1) is 11.4. The number of nitrogens with zero attached hydrogens (tertiary/aromatic N) is 1. The van der Waals surface area contributed by atoms with Gasteiger partial charge in [-0.1, -0.05) is 42.2 Å². The number of thiocarbonyl (C=S) groups is 1. The summed E-state index contributed by atoms with van der Waals surface area (Å²) in [5.41, 5.74) is 0.539. The zero-order valence-corrected chi connectivity index (χ0v) is 13.9. The molecule has 0 bridgehead atoms. The van der Waals surface area contributed by atoms with Crippen molar-refractivity contribution in [1.82, 2.24) is 4.90 Å². The minimum atomic E-state index is -1.11. The van der Waals surface area contributed by atoms with E-state index in [1.54, 1.807) is 30.3 Å². The summed E-state index contributed by atoms with van der Waals surface area (Å²) in [5.74, 6) is -2.17. The summed E-state index contributed by atoms with van der Waals surface area (Å²) in [7, 11) is 0. The van der Waals surface area contributed by atoms with Crippen molar-refractivity contribution in [3.8, 4) is 5.75 Å². The molecular formula is C15H13NO6S2. The van der Waals surface area contributed by atoms with Crippen LogP contribution in [-0.4, -0.2) is 50.4 Å². The van der Waals surface area contributed by atoms with Crippen LogP contribution in [0.1, 0.15) is 12.0 Å². The maximum atomic E-state index is 12.3. The molecule has 0 radical (unpaired) electrons. The summed E-state index contributed by atoms with van der Waals surface area (Å²) in [6.45, 7) is -0.487. The highest BCUT2D eigenvalue weighted by Crippen LogP contribution is 2.34. The van der Waals surface area contributed by atoms with Crippen LogP contribution in [0.3, 0.4) is 0 Å². The van der Waals surface area contributed by atoms with E-state index in [1.165, 1.54) is 4.90 Å². The Bertz CT molecular complexity index is 730. The van der Waals surface area contributed by atoms with E-state index < -0.39 is 18.5 Å². The molecule has 0 saturated carbocycles. The second-order valence-electron chi connectivity index (χ2n) is 4.70. The smallest absolute Gasteiger partial charge is 0.341 e. The van der Waals surface area contributed by atoms with Gasteiger partial charge in [-0.2, -0.15) is 0 Å². The number of benzene rings is 1. The molecule has 0 aromatic heterocycles. The zero-order chi connectivity index (χ0) is 17.7. The average molecular weight is 367 g/mol. The Kier molecular flexibility index (Phi) is 5.93. The van der Waals surface area contributed by atoms with E-state index in [0.717, 1.165) is 11.8 Å². The standard InChI is InChI=1S/C15H13NO6S2/c17-12(18)5-6-16-14(21)11(24-15(16)23)7-9-3-1-2-4-10(9)22-8-13(19)20/h1-4,7H,5-6,8H2,(H,17,18)(H,19,20)/b11-7-. The topological polar surface area (TPSA) is 104 Å². The van der Waals surface area contributed by atoms with Gasteiger partial charge >= 0.3 is 11.9 Å². The highest BCUT2D eigenvalue weighted by molar-refractivity contribution is 8.26. The number of ether oxygens (including phenoxy) is 1. The summed E-state index contributed by atoms with van der Waals surface area (Å²) in [5, 5.41) is 17.4. The van der Waals surface area contributed by atoms with Crippen LogP contribution in [0.5, 0.6) is 5.75 Å². The van der Waals surface area contributed by atoms with Gasteiger partial charge in [0.05, 0.1) is 11.3 Å². The second-order valence-corrected chi connectivity index (χ2v) is 6.37. The lowest BCUT2D eigenvalue weighted by atomic mass is 10.2. The van der Waals surface area contributed by atoms with E-state index in [9.17, 15) is 14.4 Å². The van der Waals surface area contributed by atoms with Gasteiger partial charge in [0.25, 0.3) is 5.91 Å². The van der Waals surface area contributed by atoms with Crippen LogP contribution in [-0.2, 0) is 14.4 Å². The summed E-state index contributed by atoms with van der Waals surface area (Å²) in [6, 6.07) is 6.69. The number of hydrogen-bond donors (Lipinski definition) is 2. The Morgan fingerprint density at radius 1 is 1.25 bits per heavy atom. The lowest BCUT2D eigenvalue weighted by Gasteiger charge is -2.12. The number of thioether (sulfide) groups is 1. The number of carbonyl (C=O) groups is 3. The molecule has 1 fully saturated rings. The monoisotopic (exact) mass is 367 g/mol. The lowest BCUT2D eigenvalue weighted by Crippen LogP contribution is -2.30. The first kappa shape index (κ1) is 18.0. The van der Waals surface area contributed by atoms with Gasteiger partial charge in [-0.25, -0.2) is 4.79 Å². The molecule has 1 aliphatic rings. The molecule has 2 N–H and O–H groups in total. The molecule has 0 spiro atoms. The SMILES string of the molecule is O=C(O)CCN1C(=O)/C(=C/c2ccccc2OCC(=O)O)SC1=S. The largest absolute Gasteiger partial charge is 0.481 e. The predicted molar refractivity (Wildman–Crippen MR) is 91.7 cm³/mol. The zero-order valence-electron chi connectivity index (χ0n) is 12.3. The van der Waals surface area contributed by atoms with Crippen LogP contribution in [0.15, 0.2) is 29.2 Å². The summed E-state index contributed by atoms with van der Waals surface area (Å²) >= 11 is 6.17. The van der Waals surface area contributed by atoms with E-state index in [-0.39, 0.29) is 23.2 Å². The number of carbonyl (C=O) groups excluding carboxylic acids is 1. The second kappa shape index (κ2) is 7.93. The van der Waals surface area contributed by atoms with Crippen LogP contribution in [0, 0.1) is 0 Å². The molecule has 1 amide bonds. The Hall–Kier alpha value is -2.39. The molecule has 9 heteroatoms. The van der Waals surface area contributed by atoms with E-state index >= 15 is 0 Å². The molecular weight excluding hydrogens is 354 g/mol. The first-order valence-electron chi connectivity index (χ1n) is 6.79. The third-order valence-electron chi connectivity index (χ3n) is 2.98. The molecule has 0 unspecified atom stereocenters. The Balaban J connectivity index is 2.19. The van der Waals surface area contributed by atoms with Gasteiger partial charge < -0.3 is 14.9 Å². The molecule has 1 aromatic carbocycles. The lowest BCUT2D eigenvalue weighted by molar-refractivity contribution is -0.139. The normalized spacial score (nSPS) is 15.8. The fourth-order valence-electron chi connectivity index (χ4n) is 1.91. The number of aliphatic carboxylic acids is 2. The average Bonchev–Trinajstić information content (AvgIpc) is 2.78. The number of hydrogen-bond acceptors (Lipinski definition) is 6. The van der Waals surface area contributed by atoms with Crippen molar-refractivity contribution in [2.45, 2.75) is 6.42 Å². The van der Waals surface area contributed by atoms with Gasteiger partial charge in [-0.05, 0) is 12.1 Å². The predicted octanol–water partition coefficient (Wildman–Crippen LogP) is 1.83. The number of rotatable bonds is 7.